The summed E-state index contributed by atoms with van der Waals surface area (Å²) in [7, 11) is 1.41. The van der Waals surface area contributed by atoms with Crippen LogP contribution in [0.25, 0.3) is 0 Å². The van der Waals surface area contributed by atoms with E-state index in [1.165, 1.54) is 12.0 Å². The highest BCUT2D eigenvalue weighted by atomic mass is 32.1. The molecular formula is C13H18O3S. The molecule has 0 radical (unpaired) electrons. The van der Waals surface area contributed by atoms with Crippen LogP contribution in [0.1, 0.15) is 30.5 Å². The second-order valence-corrected chi connectivity index (χ2v) is 6.22. The fraction of sp³-hybridized carbons (Fsp3) is 0.615. The van der Waals surface area contributed by atoms with Gasteiger partial charge in [-0.2, -0.15) is 0 Å². The second-order valence-electron chi connectivity index (χ2n) is 4.93. The number of hydrogen-bond acceptors (Lipinski definition) is 4. The summed E-state index contributed by atoms with van der Waals surface area (Å²) in [4.78, 5) is 14.3. The third-order valence-electron chi connectivity index (χ3n) is 3.54. The molecule has 0 N–H and O–H groups in total. The molecule has 0 bridgehead atoms. The van der Waals surface area contributed by atoms with Crippen molar-refractivity contribution in [3.05, 3.63) is 21.9 Å². The number of ether oxygens (including phenoxy) is 2. The molecule has 17 heavy (non-hydrogen) atoms. The van der Waals surface area contributed by atoms with Gasteiger partial charge in [-0.25, -0.2) is 4.79 Å². The first-order valence-electron chi connectivity index (χ1n) is 5.74. The predicted octanol–water partition coefficient (Wildman–Crippen LogP) is 2.87. The molecule has 1 aliphatic rings. The molecule has 0 aromatic carbocycles. The number of aryl methyl sites for hydroxylation is 1. The zero-order valence-electron chi connectivity index (χ0n) is 10.9. The molecule has 1 fully saturated rings. The van der Waals surface area contributed by atoms with Gasteiger partial charge in [-0.05, 0) is 31.9 Å². The van der Waals surface area contributed by atoms with E-state index in [-0.39, 0.29) is 11.9 Å². The third kappa shape index (κ3) is 1.54. The van der Waals surface area contributed by atoms with Gasteiger partial charge in [-0.3, -0.25) is 0 Å². The van der Waals surface area contributed by atoms with E-state index in [2.05, 4.69) is 13.0 Å². The van der Waals surface area contributed by atoms with E-state index >= 15 is 0 Å². The molecule has 1 aromatic rings. The summed E-state index contributed by atoms with van der Waals surface area (Å²) >= 11 is 1.67. The molecule has 2 heterocycles. The van der Waals surface area contributed by atoms with Crippen LogP contribution >= 0.6 is 11.3 Å². The average molecular weight is 254 g/mol. The number of methoxy groups -OCH3 is 1. The minimum absolute atomic E-state index is 0.0855. The van der Waals surface area contributed by atoms with E-state index in [4.69, 9.17) is 9.47 Å². The lowest BCUT2D eigenvalue weighted by Gasteiger charge is -2.17. The van der Waals surface area contributed by atoms with Gasteiger partial charge in [0.2, 0.25) is 5.60 Å². The van der Waals surface area contributed by atoms with Crippen molar-refractivity contribution < 1.29 is 14.3 Å². The molecule has 1 aliphatic heterocycles. The van der Waals surface area contributed by atoms with E-state index < -0.39 is 11.2 Å². The second kappa shape index (κ2) is 3.82. The Morgan fingerprint density at radius 1 is 1.47 bits per heavy atom. The van der Waals surface area contributed by atoms with Crippen molar-refractivity contribution in [1.82, 2.24) is 0 Å². The van der Waals surface area contributed by atoms with Crippen LogP contribution in [-0.4, -0.2) is 18.7 Å². The highest BCUT2D eigenvalue weighted by Gasteiger charge is 2.75. The summed E-state index contributed by atoms with van der Waals surface area (Å²) in [5.74, 6) is -0.191. The highest BCUT2D eigenvalue weighted by molar-refractivity contribution is 7.12. The van der Waals surface area contributed by atoms with Crippen LogP contribution in [0.4, 0.5) is 0 Å². The Kier molecular flexibility index (Phi) is 2.83. The quantitative estimate of drug-likeness (QED) is 0.615. The van der Waals surface area contributed by atoms with E-state index in [1.54, 1.807) is 11.3 Å². The van der Waals surface area contributed by atoms with Crippen molar-refractivity contribution in [2.75, 3.05) is 7.11 Å². The number of carbonyl (C=O) groups excluding carboxylic acids is 1. The first-order valence-corrected chi connectivity index (χ1v) is 6.55. The lowest BCUT2D eigenvalue weighted by molar-refractivity contribution is -0.148. The number of rotatable bonds is 3. The molecule has 2 atom stereocenters. The van der Waals surface area contributed by atoms with Crippen LogP contribution < -0.4 is 0 Å². The van der Waals surface area contributed by atoms with Crippen LogP contribution in [0, 0.1) is 12.8 Å². The maximum atomic E-state index is 12.0. The monoisotopic (exact) mass is 254 g/mol. The topological polar surface area (TPSA) is 38.8 Å². The minimum atomic E-state index is -0.820. The molecule has 1 aromatic heterocycles. The Morgan fingerprint density at radius 2 is 2.12 bits per heavy atom. The fourth-order valence-electron chi connectivity index (χ4n) is 2.51. The predicted molar refractivity (Wildman–Crippen MR) is 67.1 cm³/mol. The van der Waals surface area contributed by atoms with Crippen molar-refractivity contribution in [3.63, 3.8) is 0 Å². The molecule has 0 spiro atoms. The Hall–Kier alpha value is -0.870. The van der Waals surface area contributed by atoms with Gasteiger partial charge < -0.3 is 9.47 Å². The highest BCUT2D eigenvalue weighted by Crippen LogP contribution is 2.61. The molecule has 2 unspecified atom stereocenters. The summed E-state index contributed by atoms with van der Waals surface area (Å²) in [6, 6.07) is 4.09. The molecule has 3 nitrogen and oxygen atoms in total. The molecule has 0 aliphatic carbocycles. The van der Waals surface area contributed by atoms with E-state index in [1.807, 2.05) is 26.8 Å². The van der Waals surface area contributed by atoms with E-state index in [9.17, 15) is 4.79 Å². The van der Waals surface area contributed by atoms with E-state index in [0.717, 1.165) is 4.88 Å². The summed E-state index contributed by atoms with van der Waals surface area (Å²) in [6.45, 7) is 8.00. The number of esters is 1. The first-order chi connectivity index (χ1) is 7.88. The number of carbonyl (C=O) groups is 1. The Balaban J connectivity index is 2.39. The van der Waals surface area contributed by atoms with Gasteiger partial charge in [0.15, 0.2) is 0 Å². The van der Waals surface area contributed by atoms with Crippen LogP contribution in [0.5, 0.6) is 0 Å². The molecule has 94 valence electrons. The van der Waals surface area contributed by atoms with Gasteiger partial charge >= 0.3 is 5.97 Å². The molecule has 1 saturated heterocycles. The van der Waals surface area contributed by atoms with Crippen LogP contribution in [0.3, 0.4) is 0 Å². The average Bonchev–Trinajstić information content (AvgIpc) is 2.69. The maximum Gasteiger partial charge on any atom is 0.341 e. The van der Waals surface area contributed by atoms with Crippen LogP contribution in [0.15, 0.2) is 12.1 Å². The normalized spacial score (nSPS) is 31.6. The molecule has 0 saturated carbocycles. The van der Waals surface area contributed by atoms with Gasteiger partial charge in [0, 0.05) is 9.75 Å². The van der Waals surface area contributed by atoms with Crippen molar-refractivity contribution in [2.45, 2.75) is 38.9 Å². The van der Waals surface area contributed by atoms with Crippen molar-refractivity contribution >= 4 is 17.3 Å². The van der Waals surface area contributed by atoms with Crippen molar-refractivity contribution in [3.8, 4) is 0 Å². The lowest BCUT2D eigenvalue weighted by atomic mass is 9.83. The summed E-state index contributed by atoms with van der Waals surface area (Å²) in [6.07, 6.45) is 0. The Morgan fingerprint density at radius 3 is 2.53 bits per heavy atom. The van der Waals surface area contributed by atoms with Crippen molar-refractivity contribution in [1.29, 1.82) is 0 Å². The molecular weight excluding hydrogens is 236 g/mol. The van der Waals surface area contributed by atoms with Crippen LogP contribution in [0.2, 0.25) is 0 Å². The SMILES string of the molecule is COC(=O)C1(C(C)C)OC1(C)c1ccc(C)s1. The van der Waals surface area contributed by atoms with Gasteiger partial charge in [-0.15, -0.1) is 11.3 Å². The largest absolute Gasteiger partial charge is 0.467 e. The Labute approximate surface area is 106 Å². The minimum Gasteiger partial charge on any atom is -0.467 e. The summed E-state index contributed by atoms with van der Waals surface area (Å²) in [5, 5.41) is 0. The number of thiophene rings is 1. The smallest absolute Gasteiger partial charge is 0.341 e. The first kappa shape index (κ1) is 12.6. The molecule has 4 heteroatoms. The number of epoxide rings is 1. The van der Waals surface area contributed by atoms with E-state index in [0.29, 0.717) is 0 Å². The third-order valence-corrected chi connectivity index (χ3v) is 4.75. The van der Waals surface area contributed by atoms with Gasteiger partial charge in [0.05, 0.1) is 7.11 Å². The summed E-state index contributed by atoms with van der Waals surface area (Å²) < 4.78 is 10.7. The Bertz CT molecular complexity index is 451. The fourth-order valence-corrected chi connectivity index (χ4v) is 3.52. The molecule has 0 amide bonds. The maximum absolute atomic E-state index is 12.0. The zero-order chi connectivity index (χ0) is 12.8. The number of hydrogen-bond donors (Lipinski definition) is 0. The lowest BCUT2D eigenvalue weighted by Crippen LogP contribution is -2.37. The van der Waals surface area contributed by atoms with Crippen molar-refractivity contribution in [2.24, 2.45) is 5.92 Å². The van der Waals surface area contributed by atoms with Crippen LogP contribution in [-0.2, 0) is 19.9 Å². The standard InChI is InChI=1S/C13H18O3S/c1-8(2)13(11(14)15-5)12(4,16-13)10-7-6-9(3)17-10/h6-8H,1-5H3. The summed E-state index contributed by atoms with van der Waals surface area (Å²) in [5.41, 5.74) is -1.35. The zero-order valence-corrected chi connectivity index (χ0v) is 11.7. The molecule has 2 rings (SSSR count). The van der Waals surface area contributed by atoms with Gasteiger partial charge in [-0.1, -0.05) is 13.8 Å². The van der Waals surface area contributed by atoms with Gasteiger partial charge in [0.1, 0.15) is 5.60 Å². The van der Waals surface area contributed by atoms with Gasteiger partial charge in [0.25, 0.3) is 0 Å².